The Bertz CT molecular complexity index is 1160. The molecule has 4 rings (SSSR count). The van der Waals surface area contributed by atoms with Crippen molar-refractivity contribution in [1.29, 1.82) is 0 Å². The van der Waals surface area contributed by atoms with E-state index in [9.17, 15) is 0 Å². The van der Waals surface area contributed by atoms with Crippen LogP contribution in [-0.2, 0) is 0 Å². The number of nitrogens with zero attached hydrogens (tertiary/aromatic N) is 7. The van der Waals surface area contributed by atoms with Crippen LogP contribution in [0.5, 0.6) is 0 Å². The van der Waals surface area contributed by atoms with E-state index < -0.39 is 0 Å². The minimum Gasteiger partial charge on any atom is -0.399 e. The summed E-state index contributed by atoms with van der Waals surface area (Å²) in [7, 11) is 0. The maximum absolute atomic E-state index is 6.43. The number of rotatable bonds is 4. The molecular weight excluding hydrogens is 442 g/mol. The third-order valence-corrected chi connectivity index (χ3v) is 3.62. The minimum absolute atomic E-state index is 0.0693. The van der Waals surface area contributed by atoms with E-state index in [0.717, 1.165) is 17.1 Å². The van der Waals surface area contributed by atoms with Crippen molar-refractivity contribution in [3.8, 4) is 5.69 Å². The number of hydrogen-bond acceptors (Lipinski definition) is 7. The zero-order valence-electron chi connectivity index (χ0n) is 19.0. The van der Waals surface area contributed by atoms with Gasteiger partial charge < -0.3 is 11.5 Å². The maximum atomic E-state index is 6.43. The fourth-order valence-corrected chi connectivity index (χ4v) is 2.13. The zero-order valence-corrected chi connectivity index (χ0v) is 19.0. The van der Waals surface area contributed by atoms with Gasteiger partial charge in [0.2, 0.25) is 0 Å². The van der Waals surface area contributed by atoms with Crippen LogP contribution < -0.4 is 22.6 Å². The average Bonchev–Trinajstić information content (AvgIpc) is 3.35. The molecular formula is C24H27N11. The first-order valence-electron chi connectivity index (χ1n) is 10.2. The molecule has 1 aromatic heterocycles. The van der Waals surface area contributed by atoms with Gasteiger partial charge in [-0.25, -0.2) is 13.1 Å². The molecule has 1 heterocycles. The van der Waals surface area contributed by atoms with Gasteiger partial charge >= 0.3 is 6.67 Å². The van der Waals surface area contributed by atoms with Crippen molar-refractivity contribution in [2.45, 2.75) is 0 Å². The highest BCUT2D eigenvalue weighted by molar-refractivity contribution is 5.41. The van der Waals surface area contributed by atoms with E-state index >= 15 is 0 Å². The Hall–Kier alpha value is -5.26. The van der Waals surface area contributed by atoms with Crippen molar-refractivity contribution < 1.29 is 0 Å². The van der Waals surface area contributed by atoms with Crippen LogP contribution in [0.25, 0.3) is 15.4 Å². The van der Waals surface area contributed by atoms with Gasteiger partial charge in [0.25, 0.3) is 6.67 Å². The Morgan fingerprint density at radius 3 is 1.80 bits per heavy atom. The minimum atomic E-state index is 0.0693. The van der Waals surface area contributed by atoms with Crippen molar-refractivity contribution in [2.24, 2.45) is 16.1 Å². The number of benzene rings is 3. The molecule has 0 atom stereocenters. The van der Waals surface area contributed by atoms with Crippen LogP contribution >= 0.6 is 0 Å². The lowest BCUT2D eigenvalue weighted by atomic mass is 10.3. The largest absolute Gasteiger partial charge is 0.399 e. The molecule has 11 nitrogen and oxygen atoms in total. The predicted molar refractivity (Wildman–Crippen MR) is 139 cm³/mol. The molecule has 0 aliphatic carbocycles. The molecule has 35 heavy (non-hydrogen) atoms. The maximum Gasteiger partial charge on any atom is 0.324 e. The Balaban J connectivity index is 0.000000251. The fraction of sp³-hybridized carbons (Fsp3) is 0.0833. The number of para-hydroxylation sites is 3. The van der Waals surface area contributed by atoms with E-state index in [1.807, 2.05) is 91.0 Å². The first-order valence-corrected chi connectivity index (χ1v) is 10.2. The van der Waals surface area contributed by atoms with Gasteiger partial charge in [0, 0.05) is 5.69 Å². The summed E-state index contributed by atoms with van der Waals surface area (Å²) in [5.41, 5.74) is 20.9. The molecule has 0 amide bonds. The molecule has 0 bridgehead atoms. The van der Waals surface area contributed by atoms with E-state index in [4.69, 9.17) is 24.6 Å². The number of nitrogen functional groups attached to an aromatic ring is 2. The van der Waals surface area contributed by atoms with Crippen molar-refractivity contribution in [3.63, 3.8) is 0 Å². The van der Waals surface area contributed by atoms with Gasteiger partial charge in [-0.15, -0.1) is 5.10 Å². The van der Waals surface area contributed by atoms with Crippen LogP contribution in [0.2, 0.25) is 0 Å². The van der Waals surface area contributed by atoms with Gasteiger partial charge in [-0.2, -0.15) is 4.68 Å². The van der Waals surface area contributed by atoms with Gasteiger partial charge in [-0.1, -0.05) is 70.1 Å². The normalized spacial score (nSPS) is 9.00. The first kappa shape index (κ1) is 27.8. The number of nitrogens with two attached hydrogens (primary N) is 3. The molecule has 178 valence electrons. The van der Waals surface area contributed by atoms with Crippen molar-refractivity contribution >= 4 is 17.2 Å². The van der Waals surface area contributed by atoms with Gasteiger partial charge in [0.05, 0.1) is 17.6 Å². The highest BCUT2D eigenvalue weighted by Gasteiger charge is 1.99. The quantitative estimate of drug-likeness (QED) is 0.151. The Labute approximate surface area is 204 Å². The second kappa shape index (κ2) is 18.3. The van der Waals surface area contributed by atoms with Crippen LogP contribution in [0.3, 0.4) is 0 Å². The Kier molecular flexibility index (Phi) is 14.5. The lowest BCUT2D eigenvalue weighted by Crippen LogP contribution is -2.00. The van der Waals surface area contributed by atoms with Gasteiger partial charge in [0.1, 0.15) is 5.82 Å². The monoisotopic (exact) mass is 469 g/mol. The molecule has 11 heteroatoms. The zero-order chi connectivity index (χ0) is 25.6. The van der Waals surface area contributed by atoms with Gasteiger partial charge in [-0.05, 0) is 36.4 Å². The van der Waals surface area contributed by atoms with E-state index in [-0.39, 0.29) is 13.3 Å². The van der Waals surface area contributed by atoms with E-state index in [1.54, 1.807) is 4.68 Å². The van der Waals surface area contributed by atoms with Crippen LogP contribution in [0.4, 0.5) is 17.2 Å². The third kappa shape index (κ3) is 13.0. The van der Waals surface area contributed by atoms with Gasteiger partial charge in [-0.3, -0.25) is 20.8 Å². The summed E-state index contributed by atoms with van der Waals surface area (Å²) in [6, 6.07) is 28.6. The highest BCUT2D eigenvalue weighted by Crippen LogP contribution is 2.08. The second-order valence-corrected chi connectivity index (χ2v) is 6.18. The van der Waals surface area contributed by atoms with Crippen molar-refractivity contribution in [1.82, 2.24) is 15.0 Å². The first-order chi connectivity index (χ1) is 17.1. The Morgan fingerprint density at radius 1 is 0.829 bits per heavy atom. The summed E-state index contributed by atoms with van der Waals surface area (Å²) in [5.74, 6) is 0.543. The number of nitrogens with one attached hydrogen (secondary N) is 1. The van der Waals surface area contributed by atoms with Crippen LogP contribution in [0.15, 0.2) is 108 Å². The summed E-state index contributed by atoms with van der Waals surface area (Å²) in [6.45, 7) is 12.6. The predicted octanol–water partition coefficient (Wildman–Crippen LogP) is 4.28. The summed E-state index contributed by atoms with van der Waals surface area (Å²) in [6.07, 6.45) is 1.52. The van der Waals surface area contributed by atoms with Crippen LogP contribution in [0.1, 0.15) is 0 Å². The average molecular weight is 470 g/mol. The third-order valence-electron chi connectivity index (χ3n) is 3.62. The molecule has 0 radical (unpaired) electrons. The van der Waals surface area contributed by atoms with Crippen LogP contribution in [0, 0.1) is 13.1 Å². The molecule has 0 spiro atoms. The standard InChI is InChI=1S/2C8H8N4.C6H7N.C2H4N2/c9-8-6-10-11-12(8)7-4-2-1-3-5-7;1-9-7-10-12-11-8-5-3-2-4-6-8;7-6-4-2-1-3-5-6;1-4-2-3/h1-6H,9H2;2-6H,7H2,(H,10,11);1-5H,7H2;2-3H2. The molecule has 4 aromatic rings. The topological polar surface area (TPSA) is 154 Å². The lowest BCUT2D eigenvalue weighted by Gasteiger charge is -1.99. The van der Waals surface area contributed by atoms with E-state index in [2.05, 4.69) is 41.5 Å². The molecule has 3 aromatic carbocycles. The summed E-state index contributed by atoms with van der Waals surface area (Å²) >= 11 is 0. The van der Waals surface area contributed by atoms with Crippen molar-refractivity contribution in [2.75, 3.05) is 30.2 Å². The lowest BCUT2D eigenvalue weighted by molar-refractivity contribution is 0.810. The van der Waals surface area contributed by atoms with Gasteiger partial charge in [0.15, 0.2) is 0 Å². The molecule has 0 saturated carbocycles. The fourth-order valence-electron chi connectivity index (χ4n) is 2.13. The second-order valence-electron chi connectivity index (χ2n) is 6.18. The summed E-state index contributed by atoms with van der Waals surface area (Å²) < 4.78 is 1.58. The molecule has 0 saturated heterocycles. The number of hydrogen-bond donors (Lipinski definition) is 4. The highest BCUT2D eigenvalue weighted by atomic mass is 15.4. The smallest absolute Gasteiger partial charge is 0.324 e. The van der Waals surface area contributed by atoms with E-state index in [1.165, 1.54) is 6.20 Å². The Morgan fingerprint density at radius 2 is 1.37 bits per heavy atom. The SMILES string of the molecule is Nc1ccccc1.Nc1cnnn1-c1ccccc1.[C-]#[N+]CN.[C-]#[N+]CN=NNc1ccccc1. The van der Waals surface area contributed by atoms with Crippen LogP contribution in [-0.4, -0.2) is 28.3 Å². The van der Waals surface area contributed by atoms with Crippen molar-refractivity contribution in [3.05, 3.63) is 120 Å². The molecule has 0 aliphatic rings. The summed E-state index contributed by atoms with van der Waals surface area (Å²) in [4.78, 5) is 5.78. The number of aromatic nitrogens is 3. The number of anilines is 3. The molecule has 7 N–H and O–H groups in total. The molecule has 0 aliphatic heterocycles. The molecule has 0 unspecified atom stereocenters. The molecule has 0 fully saturated rings. The van der Waals surface area contributed by atoms with E-state index in [0.29, 0.717) is 5.82 Å². The summed E-state index contributed by atoms with van der Waals surface area (Å²) in [5, 5.41) is 14.7.